The summed E-state index contributed by atoms with van der Waals surface area (Å²) < 4.78 is 16.3. The molecular weight excluding hydrogens is 282 g/mol. The van der Waals surface area contributed by atoms with Crippen molar-refractivity contribution in [3.63, 3.8) is 0 Å². The first kappa shape index (κ1) is 16.1. The van der Waals surface area contributed by atoms with Gasteiger partial charge in [-0.3, -0.25) is 4.98 Å². The molecule has 0 amide bonds. The average molecular weight is 305 g/mol. The lowest BCUT2D eigenvalue weighted by molar-refractivity contribution is 0.123. The SMILES string of the molecule is CO[Si](CCCCc1cccc2cccnc12)(OC)OC. The smallest absolute Gasteiger partial charge is 0.377 e. The summed E-state index contributed by atoms with van der Waals surface area (Å²) >= 11 is 0. The first-order valence-corrected chi connectivity index (χ1v) is 9.16. The number of benzene rings is 1. The highest BCUT2D eigenvalue weighted by Crippen LogP contribution is 2.21. The molecule has 0 unspecified atom stereocenters. The van der Waals surface area contributed by atoms with Crippen LogP contribution >= 0.6 is 0 Å². The zero-order chi connectivity index (χ0) is 15.1. The topological polar surface area (TPSA) is 40.6 Å². The maximum Gasteiger partial charge on any atom is 0.500 e. The zero-order valence-electron chi connectivity index (χ0n) is 13.0. The highest BCUT2D eigenvalue weighted by molar-refractivity contribution is 6.60. The van der Waals surface area contributed by atoms with Gasteiger partial charge in [0, 0.05) is 39.0 Å². The van der Waals surface area contributed by atoms with Crippen LogP contribution in [0.15, 0.2) is 36.5 Å². The van der Waals surface area contributed by atoms with Gasteiger partial charge < -0.3 is 13.3 Å². The van der Waals surface area contributed by atoms with Crippen LogP contribution in [0.1, 0.15) is 18.4 Å². The monoisotopic (exact) mass is 305 g/mol. The van der Waals surface area contributed by atoms with Crippen LogP contribution in [0.25, 0.3) is 10.9 Å². The summed E-state index contributed by atoms with van der Waals surface area (Å²) in [7, 11) is 2.56. The van der Waals surface area contributed by atoms with E-state index in [4.69, 9.17) is 13.3 Å². The van der Waals surface area contributed by atoms with Gasteiger partial charge in [0.25, 0.3) is 0 Å². The summed E-state index contributed by atoms with van der Waals surface area (Å²) in [5, 5.41) is 1.20. The van der Waals surface area contributed by atoms with E-state index >= 15 is 0 Å². The third-order valence-electron chi connectivity index (χ3n) is 3.83. The van der Waals surface area contributed by atoms with E-state index in [0.29, 0.717) is 0 Å². The molecule has 0 bridgehead atoms. The van der Waals surface area contributed by atoms with Crippen molar-refractivity contribution >= 4 is 19.7 Å². The van der Waals surface area contributed by atoms with E-state index in [-0.39, 0.29) is 0 Å². The third kappa shape index (κ3) is 3.88. The van der Waals surface area contributed by atoms with E-state index < -0.39 is 8.80 Å². The van der Waals surface area contributed by atoms with Gasteiger partial charge in [-0.15, -0.1) is 0 Å². The Labute approximate surface area is 127 Å². The number of hydrogen-bond donors (Lipinski definition) is 0. The van der Waals surface area contributed by atoms with Crippen molar-refractivity contribution < 1.29 is 13.3 Å². The number of aromatic nitrogens is 1. The fourth-order valence-electron chi connectivity index (χ4n) is 2.58. The van der Waals surface area contributed by atoms with Crippen molar-refractivity contribution in [2.24, 2.45) is 0 Å². The average Bonchev–Trinajstić information content (AvgIpc) is 2.56. The molecule has 0 N–H and O–H groups in total. The zero-order valence-corrected chi connectivity index (χ0v) is 14.0. The summed E-state index contributed by atoms with van der Waals surface area (Å²) in [6.45, 7) is 0. The second kappa shape index (κ2) is 7.65. The number of hydrogen-bond acceptors (Lipinski definition) is 4. The van der Waals surface area contributed by atoms with E-state index in [2.05, 4.69) is 29.2 Å². The molecule has 114 valence electrons. The van der Waals surface area contributed by atoms with Crippen LogP contribution < -0.4 is 0 Å². The molecule has 5 heteroatoms. The molecule has 0 saturated heterocycles. The Bertz CT molecular complexity index is 559. The molecule has 0 saturated carbocycles. The van der Waals surface area contributed by atoms with Crippen LogP contribution in [0.3, 0.4) is 0 Å². The molecule has 1 aromatic heterocycles. The van der Waals surface area contributed by atoms with Gasteiger partial charge in [-0.2, -0.15) is 0 Å². The number of para-hydroxylation sites is 1. The lowest BCUT2D eigenvalue weighted by atomic mass is 10.0. The number of nitrogens with zero attached hydrogens (tertiary/aromatic N) is 1. The Morgan fingerprint density at radius 1 is 0.952 bits per heavy atom. The van der Waals surface area contributed by atoms with Gasteiger partial charge in [-0.05, 0) is 30.9 Å². The minimum atomic E-state index is -2.42. The van der Waals surface area contributed by atoms with E-state index in [1.807, 2.05) is 12.3 Å². The van der Waals surface area contributed by atoms with Crippen molar-refractivity contribution in [1.82, 2.24) is 4.98 Å². The molecule has 1 heterocycles. The van der Waals surface area contributed by atoms with Crippen molar-refractivity contribution in [1.29, 1.82) is 0 Å². The van der Waals surface area contributed by atoms with Crippen LogP contribution in [-0.4, -0.2) is 35.1 Å². The lowest BCUT2D eigenvalue weighted by Crippen LogP contribution is -2.42. The quantitative estimate of drug-likeness (QED) is 0.553. The summed E-state index contributed by atoms with van der Waals surface area (Å²) in [5.74, 6) is 0. The van der Waals surface area contributed by atoms with Crippen LogP contribution in [0.4, 0.5) is 0 Å². The molecule has 0 fully saturated rings. The Hall–Kier alpha value is -1.27. The van der Waals surface area contributed by atoms with Gasteiger partial charge >= 0.3 is 8.80 Å². The normalized spacial score (nSPS) is 12.0. The summed E-state index contributed by atoms with van der Waals surface area (Å²) in [6, 6.07) is 11.3. The maximum atomic E-state index is 5.44. The first-order chi connectivity index (χ1) is 10.2. The molecule has 4 nitrogen and oxygen atoms in total. The van der Waals surface area contributed by atoms with Gasteiger partial charge in [0.1, 0.15) is 0 Å². The standard InChI is InChI=1S/C16H23NO3Si/c1-18-21(19-2,20-3)13-5-4-8-14-9-6-10-15-11-7-12-17-16(14)15/h6-7,9-12H,4-5,8,13H2,1-3H3. The van der Waals surface area contributed by atoms with Gasteiger partial charge in [0.2, 0.25) is 0 Å². The van der Waals surface area contributed by atoms with Gasteiger partial charge in [0.05, 0.1) is 5.52 Å². The lowest BCUT2D eigenvalue weighted by Gasteiger charge is -2.24. The predicted molar refractivity (Wildman–Crippen MR) is 86.3 cm³/mol. The van der Waals surface area contributed by atoms with E-state index in [0.717, 1.165) is 30.8 Å². The number of pyridine rings is 1. The van der Waals surface area contributed by atoms with Crippen molar-refractivity contribution in [3.8, 4) is 0 Å². The summed E-state index contributed by atoms with van der Waals surface area (Å²) in [6.07, 6.45) is 4.95. The molecule has 0 spiro atoms. The fraction of sp³-hybridized carbons (Fsp3) is 0.438. The molecule has 1 aromatic carbocycles. The largest absolute Gasteiger partial charge is 0.500 e. The number of fused-ring (bicyclic) bond motifs is 1. The van der Waals surface area contributed by atoms with E-state index in [9.17, 15) is 0 Å². The predicted octanol–water partition coefficient (Wildman–Crippen LogP) is 3.44. The fourth-order valence-corrected chi connectivity index (χ4v) is 4.38. The highest BCUT2D eigenvalue weighted by atomic mass is 28.4. The van der Waals surface area contributed by atoms with Gasteiger partial charge in [-0.25, -0.2) is 0 Å². The van der Waals surface area contributed by atoms with E-state index in [1.54, 1.807) is 21.3 Å². The Morgan fingerprint density at radius 3 is 2.38 bits per heavy atom. The summed E-state index contributed by atoms with van der Waals surface area (Å²) in [5.41, 5.74) is 2.40. The molecule has 2 rings (SSSR count). The molecule has 0 atom stereocenters. The molecular formula is C16H23NO3Si. The third-order valence-corrected chi connectivity index (χ3v) is 6.66. The molecule has 21 heavy (non-hydrogen) atoms. The highest BCUT2D eigenvalue weighted by Gasteiger charge is 2.36. The number of aryl methyl sites for hydroxylation is 1. The number of rotatable bonds is 8. The van der Waals surface area contributed by atoms with Gasteiger partial charge in [0.15, 0.2) is 0 Å². The van der Waals surface area contributed by atoms with Crippen molar-refractivity contribution in [2.45, 2.75) is 25.3 Å². The maximum absolute atomic E-state index is 5.44. The molecule has 0 aliphatic carbocycles. The first-order valence-electron chi connectivity index (χ1n) is 7.23. The molecule has 0 aliphatic rings. The van der Waals surface area contributed by atoms with Gasteiger partial charge in [-0.1, -0.05) is 24.3 Å². The molecule has 2 aromatic rings. The second-order valence-electron chi connectivity index (χ2n) is 4.99. The Morgan fingerprint density at radius 2 is 1.67 bits per heavy atom. The minimum absolute atomic E-state index is 0.842. The summed E-state index contributed by atoms with van der Waals surface area (Å²) in [4.78, 5) is 4.49. The molecule has 0 radical (unpaired) electrons. The van der Waals surface area contributed by atoms with Crippen LogP contribution in [0.5, 0.6) is 0 Å². The number of unbranched alkanes of at least 4 members (excludes halogenated alkanes) is 1. The van der Waals surface area contributed by atoms with Crippen molar-refractivity contribution in [2.75, 3.05) is 21.3 Å². The van der Waals surface area contributed by atoms with Crippen LogP contribution in [-0.2, 0) is 19.7 Å². The van der Waals surface area contributed by atoms with Crippen molar-refractivity contribution in [3.05, 3.63) is 42.1 Å². The Kier molecular flexibility index (Phi) is 5.87. The van der Waals surface area contributed by atoms with Crippen LogP contribution in [0, 0.1) is 0 Å². The minimum Gasteiger partial charge on any atom is -0.377 e. The van der Waals surface area contributed by atoms with Crippen LogP contribution in [0.2, 0.25) is 6.04 Å². The molecule has 0 aliphatic heterocycles. The Balaban J connectivity index is 1.94. The second-order valence-corrected chi connectivity index (χ2v) is 8.09. The van der Waals surface area contributed by atoms with E-state index in [1.165, 1.54) is 10.9 Å².